The number of rotatable bonds is 7. The number of carbonyl (C=O) groups excluding carboxylic acids is 1. The monoisotopic (exact) mass is 390 g/mol. The lowest BCUT2D eigenvalue weighted by molar-refractivity contribution is 0.0939. The van der Waals surface area contributed by atoms with Gasteiger partial charge in [0.15, 0.2) is 0 Å². The average molecular weight is 391 g/mol. The average Bonchev–Trinajstić information content (AvgIpc) is 2.60. The molecule has 0 aliphatic carbocycles. The van der Waals surface area contributed by atoms with Gasteiger partial charge < -0.3 is 10.1 Å². The van der Waals surface area contributed by atoms with Crippen molar-refractivity contribution in [3.8, 4) is 5.75 Å². The molecule has 27 heavy (non-hydrogen) atoms. The second-order valence-electron chi connectivity index (χ2n) is 6.75. The molecule has 0 aliphatic rings. The molecule has 7 heteroatoms. The van der Waals surface area contributed by atoms with Crippen molar-refractivity contribution in [1.29, 1.82) is 0 Å². The highest BCUT2D eigenvalue weighted by molar-refractivity contribution is 7.89. The van der Waals surface area contributed by atoms with E-state index in [4.69, 9.17) is 4.74 Å². The van der Waals surface area contributed by atoms with Gasteiger partial charge in [0.2, 0.25) is 10.0 Å². The van der Waals surface area contributed by atoms with E-state index in [-0.39, 0.29) is 34.2 Å². The first-order valence-corrected chi connectivity index (χ1v) is 10.2. The number of sulfonamides is 1. The van der Waals surface area contributed by atoms with Crippen LogP contribution in [0.15, 0.2) is 47.4 Å². The maximum atomic E-state index is 12.6. The molecular weight excluding hydrogens is 364 g/mol. The SMILES string of the molecule is COc1ccc(C(=O)NC(C)c2ccc(C)cc2)cc1S(=O)(=O)NC(C)C. The van der Waals surface area contributed by atoms with E-state index in [1.54, 1.807) is 19.9 Å². The Hall–Kier alpha value is -2.38. The third-order valence-electron chi connectivity index (χ3n) is 4.03. The highest BCUT2D eigenvalue weighted by atomic mass is 32.2. The van der Waals surface area contributed by atoms with Gasteiger partial charge in [-0.15, -0.1) is 0 Å². The lowest BCUT2D eigenvalue weighted by Gasteiger charge is -2.16. The van der Waals surface area contributed by atoms with E-state index in [1.807, 2.05) is 38.1 Å². The molecule has 2 N–H and O–H groups in total. The topological polar surface area (TPSA) is 84.5 Å². The van der Waals surface area contributed by atoms with Gasteiger partial charge in [-0.2, -0.15) is 0 Å². The van der Waals surface area contributed by atoms with Crippen LogP contribution in [0.1, 0.15) is 48.3 Å². The molecule has 6 nitrogen and oxygen atoms in total. The van der Waals surface area contributed by atoms with Crippen molar-refractivity contribution in [2.24, 2.45) is 0 Å². The summed E-state index contributed by atoms with van der Waals surface area (Å²) in [6, 6.07) is 11.7. The van der Waals surface area contributed by atoms with Crippen molar-refractivity contribution in [2.75, 3.05) is 7.11 Å². The Labute approximate surface area is 161 Å². The van der Waals surface area contributed by atoms with Crippen molar-refractivity contribution >= 4 is 15.9 Å². The van der Waals surface area contributed by atoms with E-state index in [1.165, 1.54) is 19.2 Å². The Kier molecular flexibility index (Phi) is 6.62. The van der Waals surface area contributed by atoms with Crippen LogP contribution in [0.3, 0.4) is 0 Å². The number of nitrogens with one attached hydrogen (secondary N) is 2. The predicted molar refractivity (Wildman–Crippen MR) is 106 cm³/mol. The third-order valence-corrected chi connectivity index (χ3v) is 5.71. The van der Waals surface area contributed by atoms with Crippen molar-refractivity contribution in [3.05, 3.63) is 59.2 Å². The zero-order valence-electron chi connectivity index (χ0n) is 16.2. The largest absolute Gasteiger partial charge is 0.495 e. The molecule has 146 valence electrons. The molecule has 0 aromatic heterocycles. The Bertz CT molecular complexity index is 906. The van der Waals surface area contributed by atoms with Gasteiger partial charge in [0.1, 0.15) is 10.6 Å². The summed E-state index contributed by atoms with van der Waals surface area (Å²) >= 11 is 0. The number of amides is 1. The Morgan fingerprint density at radius 3 is 2.22 bits per heavy atom. The van der Waals surface area contributed by atoms with Gasteiger partial charge in [-0.25, -0.2) is 13.1 Å². The first-order valence-electron chi connectivity index (χ1n) is 8.72. The van der Waals surface area contributed by atoms with E-state index in [0.717, 1.165) is 11.1 Å². The summed E-state index contributed by atoms with van der Waals surface area (Å²) in [5, 5.41) is 2.89. The van der Waals surface area contributed by atoms with E-state index >= 15 is 0 Å². The van der Waals surface area contributed by atoms with Gasteiger partial charge in [-0.05, 0) is 51.5 Å². The number of ether oxygens (including phenoxy) is 1. The van der Waals surface area contributed by atoms with Gasteiger partial charge in [0, 0.05) is 11.6 Å². The van der Waals surface area contributed by atoms with Crippen LogP contribution in [-0.4, -0.2) is 27.5 Å². The van der Waals surface area contributed by atoms with Crippen LogP contribution < -0.4 is 14.8 Å². The Balaban J connectivity index is 2.28. The Morgan fingerprint density at radius 2 is 1.67 bits per heavy atom. The summed E-state index contributed by atoms with van der Waals surface area (Å²) in [6.45, 7) is 7.33. The second-order valence-corrected chi connectivity index (χ2v) is 8.43. The first kappa shape index (κ1) is 20.9. The lowest BCUT2D eigenvalue weighted by atomic mass is 10.1. The van der Waals surface area contributed by atoms with Crippen molar-refractivity contribution < 1.29 is 17.9 Å². The van der Waals surface area contributed by atoms with Crippen LogP contribution in [-0.2, 0) is 10.0 Å². The molecule has 0 bridgehead atoms. The van der Waals surface area contributed by atoms with Gasteiger partial charge >= 0.3 is 0 Å². The summed E-state index contributed by atoms with van der Waals surface area (Å²) in [7, 11) is -2.41. The van der Waals surface area contributed by atoms with Crippen LogP contribution in [0.5, 0.6) is 5.75 Å². The molecule has 1 atom stereocenters. The molecule has 0 heterocycles. The van der Waals surface area contributed by atoms with Crippen LogP contribution >= 0.6 is 0 Å². The zero-order valence-corrected chi connectivity index (χ0v) is 17.1. The smallest absolute Gasteiger partial charge is 0.251 e. The van der Waals surface area contributed by atoms with E-state index in [9.17, 15) is 13.2 Å². The molecular formula is C20H26N2O4S. The standard InChI is InChI=1S/C20H26N2O4S/c1-13(2)22-27(24,25)19-12-17(10-11-18(19)26-5)20(23)21-15(4)16-8-6-14(3)7-9-16/h6-13,15,22H,1-5H3,(H,21,23). The van der Waals surface area contributed by atoms with Gasteiger partial charge in [-0.1, -0.05) is 29.8 Å². The highest BCUT2D eigenvalue weighted by Crippen LogP contribution is 2.25. The first-order chi connectivity index (χ1) is 12.6. The van der Waals surface area contributed by atoms with E-state index < -0.39 is 10.0 Å². The Morgan fingerprint density at radius 1 is 1.04 bits per heavy atom. The van der Waals surface area contributed by atoms with Gasteiger partial charge in [0.25, 0.3) is 5.91 Å². The molecule has 0 spiro atoms. The van der Waals surface area contributed by atoms with Crippen molar-refractivity contribution in [3.63, 3.8) is 0 Å². The third kappa shape index (κ3) is 5.30. The minimum Gasteiger partial charge on any atom is -0.495 e. The number of aryl methyl sites for hydroxylation is 1. The molecule has 0 saturated carbocycles. The zero-order chi connectivity index (χ0) is 20.2. The summed E-state index contributed by atoms with van der Waals surface area (Å²) in [5.74, 6) is -0.169. The molecule has 0 radical (unpaired) electrons. The number of benzene rings is 2. The van der Waals surface area contributed by atoms with Crippen molar-refractivity contribution in [1.82, 2.24) is 10.0 Å². The fourth-order valence-corrected chi connectivity index (χ4v) is 4.07. The summed E-state index contributed by atoms with van der Waals surface area (Å²) in [6.07, 6.45) is 0. The molecule has 0 saturated heterocycles. The number of methoxy groups -OCH3 is 1. The molecule has 1 unspecified atom stereocenters. The quantitative estimate of drug-likeness (QED) is 0.760. The minimum atomic E-state index is -3.80. The number of hydrogen-bond acceptors (Lipinski definition) is 4. The van der Waals surface area contributed by atoms with E-state index in [0.29, 0.717) is 0 Å². The van der Waals surface area contributed by atoms with E-state index in [2.05, 4.69) is 10.0 Å². The number of carbonyl (C=O) groups is 1. The highest BCUT2D eigenvalue weighted by Gasteiger charge is 2.23. The summed E-state index contributed by atoms with van der Waals surface area (Å²) in [4.78, 5) is 12.6. The van der Waals surface area contributed by atoms with Crippen LogP contribution in [0, 0.1) is 6.92 Å². The second kappa shape index (κ2) is 8.54. The normalized spacial score (nSPS) is 12.7. The minimum absolute atomic E-state index is 0.0608. The van der Waals surface area contributed by atoms with Crippen LogP contribution in [0.2, 0.25) is 0 Å². The predicted octanol–water partition coefficient (Wildman–Crippen LogP) is 3.18. The number of hydrogen-bond donors (Lipinski definition) is 2. The molecule has 0 fully saturated rings. The van der Waals surface area contributed by atoms with Crippen LogP contribution in [0.4, 0.5) is 0 Å². The molecule has 2 rings (SSSR count). The summed E-state index contributed by atoms with van der Waals surface area (Å²) in [5.41, 5.74) is 2.36. The molecule has 2 aromatic carbocycles. The van der Waals surface area contributed by atoms with Gasteiger partial charge in [0.05, 0.1) is 13.2 Å². The lowest BCUT2D eigenvalue weighted by Crippen LogP contribution is -2.31. The fraction of sp³-hybridized carbons (Fsp3) is 0.350. The van der Waals surface area contributed by atoms with Gasteiger partial charge in [-0.3, -0.25) is 4.79 Å². The maximum absolute atomic E-state index is 12.6. The van der Waals surface area contributed by atoms with Crippen LogP contribution in [0.25, 0.3) is 0 Å². The maximum Gasteiger partial charge on any atom is 0.251 e. The molecule has 2 aromatic rings. The fourth-order valence-electron chi connectivity index (χ4n) is 2.62. The molecule has 1 amide bonds. The summed E-state index contributed by atoms with van der Waals surface area (Å²) < 4.78 is 32.8. The van der Waals surface area contributed by atoms with Crippen molar-refractivity contribution in [2.45, 2.75) is 44.7 Å². The molecule has 0 aliphatic heterocycles.